The molecule has 1 aliphatic rings. The number of halogens is 1. The zero-order chi connectivity index (χ0) is 18.5. The maximum absolute atomic E-state index is 13.7. The maximum atomic E-state index is 13.7. The van der Waals surface area contributed by atoms with E-state index in [1.165, 1.54) is 6.07 Å². The van der Waals surface area contributed by atoms with Gasteiger partial charge in [0, 0.05) is 5.56 Å². The van der Waals surface area contributed by atoms with Crippen molar-refractivity contribution in [3.63, 3.8) is 0 Å². The van der Waals surface area contributed by atoms with Crippen molar-refractivity contribution in [2.24, 2.45) is 0 Å². The van der Waals surface area contributed by atoms with Crippen LogP contribution in [0.5, 0.6) is 11.5 Å². The van der Waals surface area contributed by atoms with E-state index < -0.39 is 11.1 Å². The highest BCUT2D eigenvalue weighted by molar-refractivity contribution is 8.18. The van der Waals surface area contributed by atoms with E-state index in [0.717, 1.165) is 11.8 Å². The molecule has 3 rings (SSSR count). The molecule has 0 aliphatic carbocycles. The van der Waals surface area contributed by atoms with Crippen molar-refractivity contribution in [1.82, 2.24) is 5.32 Å². The summed E-state index contributed by atoms with van der Waals surface area (Å²) in [5.41, 5.74) is 1.14. The predicted octanol–water partition coefficient (Wildman–Crippen LogP) is 4.13. The van der Waals surface area contributed by atoms with E-state index in [1.54, 1.807) is 42.5 Å². The Balaban J connectivity index is 1.80. The fraction of sp³-hybridized carbons (Fsp3) is 0.158. The minimum atomic E-state index is -0.419. The van der Waals surface area contributed by atoms with Crippen molar-refractivity contribution in [1.29, 1.82) is 0 Å². The van der Waals surface area contributed by atoms with E-state index >= 15 is 0 Å². The molecule has 1 saturated heterocycles. The fourth-order valence-electron chi connectivity index (χ4n) is 2.35. The number of imide groups is 1. The Bertz CT molecular complexity index is 882. The summed E-state index contributed by atoms with van der Waals surface area (Å²) in [7, 11) is 0. The molecule has 1 aliphatic heterocycles. The molecule has 1 fully saturated rings. The maximum Gasteiger partial charge on any atom is 0.290 e. The van der Waals surface area contributed by atoms with Gasteiger partial charge in [-0.15, -0.1) is 0 Å². The average molecular weight is 373 g/mol. The molecule has 7 heteroatoms. The number of benzene rings is 2. The summed E-state index contributed by atoms with van der Waals surface area (Å²) in [6.45, 7) is 2.33. The van der Waals surface area contributed by atoms with Gasteiger partial charge in [0.2, 0.25) is 0 Å². The van der Waals surface area contributed by atoms with Crippen molar-refractivity contribution in [2.45, 2.75) is 13.5 Å². The Labute approximate surface area is 154 Å². The lowest BCUT2D eigenvalue weighted by Crippen LogP contribution is -2.17. The van der Waals surface area contributed by atoms with E-state index in [-0.39, 0.29) is 12.4 Å². The molecule has 0 bridgehead atoms. The second kappa shape index (κ2) is 8.05. The Morgan fingerprint density at radius 2 is 1.92 bits per heavy atom. The minimum absolute atomic E-state index is 0.0694. The van der Waals surface area contributed by atoms with Crippen LogP contribution in [0.25, 0.3) is 6.08 Å². The third kappa shape index (κ3) is 4.23. The van der Waals surface area contributed by atoms with E-state index in [0.29, 0.717) is 34.1 Å². The first kappa shape index (κ1) is 18.0. The van der Waals surface area contributed by atoms with Gasteiger partial charge in [-0.3, -0.25) is 14.9 Å². The van der Waals surface area contributed by atoms with Crippen LogP contribution in [-0.4, -0.2) is 17.8 Å². The summed E-state index contributed by atoms with van der Waals surface area (Å²) in [5, 5.41) is 1.81. The van der Waals surface area contributed by atoms with Crippen molar-refractivity contribution >= 4 is 29.0 Å². The molecule has 0 spiro atoms. The molecule has 2 aromatic carbocycles. The Morgan fingerprint density at radius 3 is 2.62 bits per heavy atom. The van der Waals surface area contributed by atoms with Crippen LogP contribution in [0.2, 0.25) is 0 Å². The van der Waals surface area contributed by atoms with Crippen LogP contribution in [0.1, 0.15) is 18.1 Å². The van der Waals surface area contributed by atoms with Gasteiger partial charge in [-0.2, -0.15) is 0 Å². The van der Waals surface area contributed by atoms with Crippen LogP contribution < -0.4 is 14.8 Å². The van der Waals surface area contributed by atoms with Crippen LogP contribution in [0.15, 0.2) is 47.4 Å². The Kier molecular flexibility index (Phi) is 5.58. The predicted molar refractivity (Wildman–Crippen MR) is 97.4 cm³/mol. The lowest BCUT2D eigenvalue weighted by molar-refractivity contribution is -0.115. The molecule has 0 atom stereocenters. The van der Waals surface area contributed by atoms with Crippen molar-refractivity contribution in [3.05, 3.63) is 64.3 Å². The standard InChI is InChI=1S/C19H16FNO4S/c1-2-24-16-9-12(10-17-18(22)21-19(23)26-17)7-8-15(16)25-11-13-5-3-4-6-14(13)20/h3-10H,2,11H2,1H3,(H,21,22,23). The monoisotopic (exact) mass is 373 g/mol. The zero-order valence-electron chi connectivity index (χ0n) is 14.0. The van der Waals surface area contributed by atoms with Crippen LogP contribution >= 0.6 is 11.8 Å². The molecule has 26 heavy (non-hydrogen) atoms. The fourth-order valence-corrected chi connectivity index (χ4v) is 3.03. The lowest BCUT2D eigenvalue weighted by Gasteiger charge is -2.13. The molecule has 0 unspecified atom stereocenters. The van der Waals surface area contributed by atoms with E-state index in [4.69, 9.17) is 9.47 Å². The molecule has 0 aromatic heterocycles. The van der Waals surface area contributed by atoms with Gasteiger partial charge < -0.3 is 9.47 Å². The average Bonchev–Trinajstić information content (AvgIpc) is 2.93. The molecule has 1 heterocycles. The number of carbonyl (C=O) groups excluding carboxylic acids is 2. The summed E-state index contributed by atoms with van der Waals surface area (Å²) in [5.74, 6) is 0.198. The smallest absolute Gasteiger partial charge is 0.290 e. The third-order valence-corrected chi connectivity index (χ3v) is 4.36. The molecular formula is C19H16FNO4S. The second-order valence-electron chi connectivity index (χ2n) is 5.37. The molecule has 2 aromatic rings. The van der Waals surface area contributed by atoms with E-state index in [1.807, 2.05) is 6.92 Å². The topological polar surface area (TPSA) is 64.6 Å². The SMILES string of the molecule is CCOc1cc(C=C2SC(=O)NC2=O)ccc1OCc1ccccc1F. The second-order valence-corrected chi connectivity index (χ2v) is 6.39. The number of nitrogens with one attached hydrogen (secondary N) is 1. The zero-order valence-corrected chi connectivity index (χ0v) is 14.8. The van der Waals surface area contributed by atoms with Crippen LogP contribution in [-0.2, 0) is 11.4 Å². The first-order chi connectivity index (χ1) is 12.6. The van der Waals surface area contributed by atoms with Crippen molar-refractivity contribution in [3.8, 4) is 11.5 Å². The number of rotatable bonds is 6. The number of carbonyl (C=O) groups is 2. The normalized spacial score (nSPS) is 15.2. The van der Waals surface area contributed by atoms with Gasteiger partial charge >= 0.3 is 0 Å². The number of amides is 2. The number of thioether (sulfide) groups is 1. The first-order valence-electron chi connectivity index (χ1n) is 7.94. The van der Waals surface area contributed by atoms with Crippen LogP contribution in [0.4, 0.5) is 9.18 Å². The van der Waals surface area contributed by atoms with Gasteiger partial charge in [0.05, 0.1) is 11.5 Å². The van der Waals surface area contributed by atoms with E-state index in [9.17, 15) is 14.0 Å². The van der Waals surface area contributed by atoms with Gasteiger partial charge in [0.15, 0.2) is 11.5 Å². The largest absolute Gasteiger partial charge is 0.490 e. The molecule has 0 saturated carbocycles. The number of ether oxygens (including phenoxy) is 2. The van der Waals surface area contributed by atoms with Gasteiger partial charge in [0.25, 0.3) is 11.1 Å². The molecular weight excluding hydrogens is 357 g/mol. The van der Waals surface area contributed by atoms with Gasteiger partial charge in [-0.1, -0.05) is 24.3 Å². The van der Waals surface area contributed by atoms with Crippen LogP contribution in [0.3, 0.4) is 0 Å². The summed E-state index contributed by atoms with van der Waals surface area (Å²) >= 11 is 0.849. The molecule has 0 radical (unpaired) electrons. The molecule has 5 nitrogen and oxygen atoms in total. The van der Waals surface area contributed by atoms with Crippen molar-refractivity contribution in [2.75, 3.05) is 6.61 Å². The third-order valence-electron chi connectivity index (χ3n) is 3.55. The molecule has 1 N–H and O–H groups in total. The highest BCUT2D eigenvalue weighted by Crippen LogP contribution is 2.32. The molecule has 2 amide bonds. The summed E-state index contributed by atoms with van der Waals surface area (Å²) in [6, 6.07) is 11.5. The first-order valence-corrected chi connectivity index (χ1v) is 8.76. The van der Waals surface area contributed by atoms with Gasteiger partial charge in [0.1, 0.15) is 12.4 Å². The number of hydrogen-bond acceptors (Lipinski definition) is 5. The lowest BCUT2D eigenvalue weighted by atomic mass is 10.1. The summed E-state index contributed by atoms with van der Waals surface area (Å²) in [6.07, 6.45) is 1.61. The Hall–Kier alpha value is -2.80. The van der Waals surface area contributed by atoms with Crippen LogP contribution in [0, 0.1) is 5.82 Å². The van der Waals surface area contributed by atoms with E-state index in [2.05, 4.69) is 5.32 Å². The number of hydrogen-bond donors (Lipinski definition) is 1. The molecule has 134 valence electrons. The summed E-state index contributed by atoms with van der Waals surface area (Å²) < 4.78 is 25.0. The minimum Gasteiger partial charge on any atom is -0.490 e. The highest BCUT2D eigenvalue weighted by atomic mass is 32.2. The summed E-state index contributed by atoms with van der Waals surface area (Å²) in [4.78, 5) is 23.2. The van der Waals surface area contributed by atoms with Crippen molar-refractivity contribution < 1.29 is 23.5 Å². The van der Waals surface area contributed by atoms with Gasteiger partial charge in [-0.25, -0.2) is 4.39 Å². The Morgan fingerprint density at radius 1 is 1.12 bits per heavy atom. The quantitative estimate of drug-likeness (QED) is 0.772. The van der Waals surface area contributed by atoms with Gasteiger partial charge in [-0.05, 0) is 48.5 Å². The highest BCUT2D eigenvalue weighted by Gasteiger charge is 2.25.